The zero-order valence-corrected chi connectivity index (χ0v) is 16.9. The number of likely N-dealkylation sites (tertiary alicyclic amines) is 1. The third kappa shape index (κ3) is 3.69. The third-order valence-corrected chi connectivity index (χ3v) is 6.30. The molecular weight excluding hydrogens is 386 g/mol. The van der Waals surface area contributed by atoms with Gasteiger partial charge in [-0.25, -0.2) is 4.79 Å². The molecule has 0 radical (unpaired) electrons. The molecule has 2 unspecified atom stereocenters. The number of carbonyl (C=O) groups is 4. The van der Waals surface area contributed by atoms with Crippen molar-refractivity contribution in [2.75, 3.05) is 39.3 Å². The van der Waals surface area contributed by atoms with E-state index in [2.05, 4.69) is 10.6 Å². The van der Waals surface area contributed by atoms with Crippen LogP contribution in [0.2, 0.25) is 0 Å². The number of halogens is 1. The van der Waals surface area contributed by atoms with E-state index in [-0.39, 0.29) is 48.6 Å². The first kappa shape index (κ1) is 20.9. The van der Waals surface area contributed by atoms with Crippen molar-refractivity contribution in [3.8, 4) is 0 Å². The van der Waals surface area contributed by atoms with Gasteiger partial charge in [0.25, 0.3) is 5.91 Å². The second-order valence-electron chi connectivity index (χ2n) is 8.20. The normalized spacial score (nSPS) is 31.0. The van der Waals surface area contributed by atoms with Crippen LogP contribution in [0.1, 0.15) is 32.6 Å². The maximum Gasteiger partial charge on any atom is 0.325 e. The van der Waals surface area contributed by atoms with Gasteiger partial charge in [-0.05, 0) is 38.5 Å². The van der Waals surface area contributed by atoms with Gasteiger partial charge in [0.15, 0.2) is 0 Å². The van der Waals surface area contributed by atoms with Crippen LogP contribution in [-0.4, -0.2) is 89.3 Å². The van der Waals surface area contributed by atoms with Gasteiger partial charge in [0.05, 0.1) is 6.54 Å². The molecule has 1 aliphatic carbocycles. The lowest BCUT2D eigenvalue weighted by Gasteiger charge is -2.41. The van der Waals surface area contributed by atoms with E-state index in [1.165, 1.54) is 0 Å². The Kier molecular flexibility index (Phi) is 5.86. The van der Waals surface area contributed by atoms with Gasteiger partial charge in [0.2, 0.25) is 11.8 Å². The summed E-state index contributed by atoms with van der Waals surface area (Å²) in [5, 5.41) is 5.83. The molecule has 28 heavy (non-hydrogen) atoms. The lowest BCUT2D eigenvalue weighted by atomic mass is 9.96. The molecule has 156 valence electrons. The van der Waals surface area contributed by atoms with Crippen molar-refractivity contribution in [1.29, 1.82) is 0 Å². The van der Waals surface area contributed by atoms with Crippen molar-refractivity contribution in [3.05, 3.63) is 0 Å². The van der Waals surface area contributed by atoms with E-state index >= 15 is 0 Å². The average Bonchev–Trinajstić information content (AvgIpc) is 3.48. The third-order valence-electron chi connectivity index (χ3n) is 6.30. The van der Waals surface area contributed by atoms with Crippen molar-refractivity contribution in [2.24, 2.45) is 5.92 Å². The molecule has 3 aliphatic heterocycles. The number of hydrogen-bond donors (Lipinski definition) is 2. The molecule has 1 saturated carbocycles. The predicted octanol–water partition coefficient (Wildman–Crippen LogP) is -0.448. The first-order valence-electron chi connectivity index (χ1n) is 9.82. The number of hydrogen-bond acceptors (Lipinski definition) is 5. The van der Waals surface area contributed by atoms with Gasteiger partial charge >= 0.3 is 6.03 Å². The topological polar surface area (TPSA) is 102 Å². The Balaban J connectivity index is 0.00000225. The highest BCUT2D eigenvalue weighted by Crippen LogP contribution is 2.42. The van der Waals surface area contributed by atoms with Crippen molar-refractivity contribution < 1.29 is 19.2 Å². The average molecular weight is 414 g/mol. The van der Waals surface area contributed by atoms with E-state index in [1.54, 1.807) is 11.8 Å². The van der Waals surface area contributed by atoms with Crippen molar-refractivity contribution in [1.82, 2.24) is 25.3 Å². The highest BCUT2D eigenvalue weighted by atomic mass is 35.5. The molecule has 0 aromatic rings. The van der Waals surface area contributed by atoms with Gasteiger partial charge in [0, 0.05) is 32.2 Å². The van der Waals surface area contributed by atoms with Gasteiger partial charge in [0.1, 0.15) is 12.1 Å². The molecule has 10 heteroatoms. The van der Waals surface area contributed by atoms with E-state index in [0.29, 0.717) is 26.2 Å². The van der Waals surface area contributed by atoms with Crippen LogP contribution in [0.4, 0.5) is 4.79 Å². The van der Waals surface area contributed by atoms with E-state index in [4.69, 9.17) is 0 Å². The van der Waals surface area contributed by atoms with Crippen LogP contribution in [0.5, 0.6) is 0 Å². The van der Waals surface area contributed by atoms with E-state index < -0.39 is 11.6 Å². The van der Waals surface area contributed by atoms with Gasteiger partial charge in [-0.15, -0.1) is 12.4 Å². The number of piperidine rings is 1. The number of nitrogens with one attached hydrogen (secondary N) is 2. The Hall–Kier alpha value is -1.87. The van der Waals surface area contributed by atoms with Crippen LogP contribution in [0.3, 0.4) is 0 Å². The minimum Gasteiger partial charge on any atom is -0.339 e. The Morgan fingerprint density at radius 2 is 1.93 bits per heavy atom. The summed E-state index contributed by atoms with van der Waals surface area (Å²) in [7, 11) is 0. The number of carbonyl (C=O) groups excluding carboxylic acids is 4. The second kappa shape index (κ2) is 7.87. The SMILES string of the molecule is CC1(C2CC2)NC(=O)N(CC(=O)N2CCCC(N3CCNCC3=O)C2)C1=O.Cl. The smallest absolute Gasteiger partial charge is 0.325 e. The fourth-order valence-corrected chi connectivity index (χ4v) is 4.47. The second-order valence-corrected chi connectivity index (χ2v) is 8.20. The Morgan fingerprint density at radius 1 is 1.18 bits per heavy atom. The quantitative estimate of drug-likeness (QED) is 0.608. The lowest BCUT2D eigenvalue weighted by molar-refractivity contribution is -0.142. The summed E-state index contributed by atoms with van der Waals surface area (Å²) in [6.07, 6.45) is 3.54. The summed E-state index contributed by atoms with van der Waals surface area (Å²) >= 11 is 0. The van der Waals surface area contributed by atoms with E-state index in [9.17, 15) is 19.2 Å². The molecular formula is C18H28ClN5O4. The Bertz CT molecular complexity index is 685. The van der Waals surface area contributed by atoms with Gasteiger partial charge in [-0.3, -0.25) is 19.3 Å². The number of rotatable bonds is 4. The molecule has 9 nitrogen and oxygen atoms in total. The van der Waals surface area contributed by atoms with Crippen LogP contribution < -0.4 is 10.6 Å². The number of piperazine rings is 1. The Labute approximate surface area is 170 Å². The fourth-order valence-electron chi connectivity index (χ4n) is 4.47. The van der Waals surface area contributed by atoms with Gasteiger partial charge in [-0.2, -0.15) is 0 Å². The number of nitrogens with zero attached hydrogens (tertiary/aromatic N) is 3. The maximum absolute atomic E-state index is 12.8. The maximum atomic E-state index is 12.8. The summed E-state index contributed by atoms with van der Waals surface area (Å²) in [6.45, 7) is 4.34. The highest BCUT2D eigenvalue weighted by molar-refractivity contribution is 6.09. The Morgan fingerprint density at radius 3 is 2.61 bits per heavy atom. The number of urea groups is 1. The standard InChI is InChI=1S/C18H27N5O4.ClH/c1-18(12-4-5-12)16(26)23(17(27)20-18)11-15(25)21-7-2-3-13(10-21)22-8-6-19-9-14(22)24;/h12-13,19H,2-11H2,1H3,(H,20,27);1H. The van der Waals surface area contributed by atoms with E-state index in [1.807, 2.05) is 4.90 Å². The zero-order valence-electron chi connectivity index (χ0n) is 16.1. The predicted molar refractivity (Wildman–Crippen MR) is 103 cm³/mol. The molecule has 4 rings (SSSR count). The highest BCUT2D eigenvalue weighted by Gasteiger charge is 2.56. The molecule has 0 aromatic carbocycles. The van der Waals surface area contributed by atoms with Crippen molar-refractivity contribution in [3.63, 3.8) is 0 Å². The molecule has 0 spiro atoms. The van der Waals surface area contributed by atoms with Crippen LogP contribution in [0, 0.1) is 5.92 Å². The summed E-state index contributed by atoms with van der Waals surface area (Å²) in [5.41, 5.74) is -0.866. The first-order chi connectivity index (χ1) is 12.9. The molecule has 2 atom stereocenters. The lowest BCUT2D eigenvalue weighted by Crippen LogP contribution is -2.58. The molecule has 0 aromatic heterocycles. The zero-order chi connectivity index (χ0) is 19.2. The number of amides is 5. The van der Waals surface area contributed by atoms with Gasteiger partial charge < -0.3 is 20.4 Å². The molecule has 4 fully saturated rings. The minimum absolute atomic E-state index is 0. The fraction of sp³-hybridized carbons (Fsp3) is 0.778. The molecule has 0 bridgehead atoms. The first-order valence-corrected chi connectivity index (χ1v) is 9.82. The summed E-state index contributed by atoms with van der Waals surface area (Å²) < 4.78 is 0. The molecule has 3 heterocycles. The molecule has 4 aliphatic rings. The molecule has 2 N–H and O–H groups in total. The summed E-state index contributed by atoms with van der Waals surface area (Å²) in [5.74, 6) is -0.290. The van der Waals surface area contributed by atoms with Crippen LogP contribution >= 0.6 is 12.4 Å². The van der Waals surface area contributed by atoms with Crippen molar-refractivity contribution in [2.45, 2.75) is 44.2 Å². The monoisotopic (exact) mass is 413 g/mol. The van der Waals surface area contributed by atoms with Crippen molar-refractivity contribution >= 4 is 36.2 Å². The molecule has 5 amide bonds. The molecule has 3 saturated heterocycles. The van der Waals surface area contributed by atoms with E-state index in [0.717, 1.165) is 37.1 Å². The minimum atomic E-state index is -0.866. The van der Waals surface area contributed by atoms with Gasteiger partial charge in [-0.1, -0.05) is 0 Å². The van der Waals surface area contributed by atoms with Crippen LogP contribution in [0.15, 0.2) is 0 Å². The summed E-state index contributed by atoms with van der Waals surface area (Å²) in [4.78, 5) is 54.5. The summed E-state index contributed by atoms with van der Waals surface area (Å²) in [6, 6.07) is -0.467. The number of imide groups is 1. The largest absolute Gasteiger partial charge is 0.339 e. The van der Waals surface area contributed by atoms with Crippen LogP contribution in [0.25, 0.3) is 0 Å². The van der Waals surface area contributed by atoms with Crippen LogP contribution in [-0.2, 0) is 14.4 Å².